The normalized spacial score (nSPS) is 9.75. The van der Waals surface area contributed by atoms with Crippen LogP contribution < -0.4 is 0 Å². The van der Waals surface area contributed by atoms with Gasteiger partial charge in [-0.25, -0.2) is 4.98 Å². The molecular weight excluding hydrogens is 191 g/mol. The summed E-state index contributed by atoms with van der Waals surface area (Å²) in [5.41, 5.74) is 0. The molecule has 2 nitrogen and oxygen atoms in total. The minimum absolute atomic E-state index is 0.443. The van der Waals surface area contributed by atoms with E-state index in [4.69, 9.17) is 11.6 Å². The molecule has 0 bridgehead atoms. The summed E-state index contributed by atoms with van der Waals surface area (Å²) in [4.78, 5) is 3.92. The molecule has 1 rings (SSSR count). The maximum atomic E-state index is 5.46. The van der Waals surface area contributed by atoms with Crippen molar-refractivity contribution in [3.63, 3.8) is 0 Å². The molecule has 1 heterocycles. The number of hydrogen-bond acceptors (Lipinski definition) is 1. The second kappa shape index (κ2) is 2.51. The number of halogens is 2. The summed E-state index contributed by atoms with van der Waals surface area (Å²) < 4.78 is 1.71. The summed E-state index contributed by atoms with van der Waals surface area (Å²) in [6.45, 7) is 0. The molecule has 0 amide bonds. The summed E-state index contributed by atoms with van der Waals surface area (Å²) in [6, 6.07) is 0. The average molecular weight is 195 g/mol. The minimum atomic E-state index is 0.443. The number of alkyl halides is 1. The van der Waals surface area contributed by atoms with Gasteiger partial charge in [-0.15, -0.1) is 11.6 Å². The monoisotopic (exact) mass is 194 g/mol. The van der Waals surface area contributed by atoms with Gasteiger partial charge in [0.25, 0.3) is 0 Å². The van der Waals surface area contributed by atoms with E-state index < -0.39 is 0 Å². The highest BCUT2D eigenvalue weighted by Gasteiger charge is 1.93. The van der Waals surface area contributed by atoms with Gasteiger partial charge in [0.05, 0.1) is 22.0 Å². The van der Waals surface area contributed by atoms with E-state index in [9.17, 15) is 0 Å². The highest BCUT2D eigenvalue weighted by atomic mass is 79.9. The van der Waals surface area contributed by atoms with Gasteiger partial charge in [-0.2, -0.15) is 0 Å². The quantitative estimate of drug-likeness (QED) is 0.625. The Labute approximate surface area is 60.8 Å². The summed E-state index contributed by atoms with van der Waals surface area (Å²) >= 11 is 8.66. The lowest BCUT2D eigenvalue weighted by Crippen LogP contribution is -1.84. The van der Waals surface area contributed by atoms with E-state index in [0.717, 1.165) is 5.82 Å². The molecule has 0 radical (unpaired) electrons. The van der Waals surface area contributed by atoms with Gasteiger partial charge in [0.15, 0.2) is 0 Å². The Morgan fingerprint density at radius 1 is 1.88 bits per heavy atom. The third-order valence-electron chi connectivity index (χ3n) is 0.787. The van der Waals surface area contributed by atoms with E-state index in [1.165, 1.54) is 0 Å². The molecule has 0 fully saturated rings. The molecule has 0 unspecified atom stereocenters. The smallest absolute Gasteiger partial charge is 0.133 e. The number of aromatic nitrogens is 2. The standard InChI is InChI=1S/C4H4BrClN2/c5-8-2-1-7-4(8)3-6/h1-2H,3H2. The first-order valence-corrected chi connectivity index (χ1v) is 3.33. The molecule has 0 atom stereocenters. The van der Waals surface area contributed by atoms with Crippen LogP contribution >= 0.6 is 27.7 Å². The molecule has 0 saturated carbocycles. The fourth-order valence-electron chi connectivity index (χ4n) is 0.411. The number of rotatable bonds is 1. The Kier molecular flexibility index (Phi) is 1.91. The maximum Gasteiger partial charge on any atom is 0.133 e. The molecule has 0 aromatic carbocycles. The van der Waals surface area contributed by atoms with Crippen LogP contribution in [0.2, 0.25) is 0 Å². The summed E-state index contributed by atoms with van der Waals surface area (Å²) in [7, 11) is 0. The van der Waals surface area contributed by atoms with Crippen LogP contribution in [0.15, 0.2) is 12.4 Å². The third kappa shape index (κ3) is 1.03. The van der Waals surface area contributed by atoms with Crippen molar-refractivity contribution in [2.24, 2.45) is 0 Å². The predicted molar refractivity (Wildman–Crippen MR) is 36.1 cm³/mol. The second-order valence-electron chi connectivity index (χ2n) is 1.29. The number of hydrogen-bond donors (Lipinski definition) is 0. The van der Waals surface area contributed by atoms with E-state index >= 15 is 0 Å². The van der Waals surface area contributed by atoms with E-state index in [0.29, 0.717) is 5.88 Å². The van der Waals surface area contributed by atoms with Crippen LogP contribution in [0.3, 0.4) is 0 Å². The summed E-state index contributed by atoms with van der Waals surface area (Å²) in [5, 5.41) is 0. The van der Waals surface area contributed by atoms with Crippen molar-refractivity contribution in [3.05, 3.63) is 18.2 Å². The fourth-order valence-corrected chi connectivity index (χ4v) is 1.08. The van der Waals surface area contributed by atoms with Gasteiger partial charge in [0.1, 0.15) is 5.82 Å². The number of imidazole rings is 1. The molecular formula is C4H4BrClN2. The van der Waals surface area contributed by atoms with Gasteiger partial charge in [0.2, 0.25) is 0 Å². The Bertz CT molecular complexity index is 174. The summed E-state index contributed by atoms with van der Waals surface area (Å²) in [5.74, 6) is 1.27. The fraction of sp³-hybridized carbons (Fsp3) is 0.250. The van der Waals surface area contributed by atoms with Crippen molar-refractivity contribution >= 4 is 27.7 Å². The van der Waals surface area contributed by atoms with Gasteiger partial charge < -0.3 is 0 Å². The Hall–Kier alpha value is -0.0200. The third-order valence-corrected chi connectivity index (χ3v) is 1.67. The highest BCUT2D eigenvalue weighted by molar-refractivity contribution is 9.08. The molecule has 0 saturated heterocycles. The van der Waals surface area contributed by atoms with E-state index in [-0.39, 0.29) is 0 Å². The van der Waals surface area contributed by atoms with Gasteiger partial charge >= 0.3 is 0 Å². The molecule has 4 heteroatoms. The topological polar surface area (TPSA) is 17.8 Å². The van der Waals surface area contributed by atoms with Gasteiger partial charge in [-0.1, -0.05) is 0 Å². The van der Waals surface area contributed by atoms with E-state index in [1.807, 2.05) is 0 Å². The first-order valence-electron chi connectivity index (χ1n) is 2.09. The van der Waals surface area contributed by atoms with Gasteiger partial charge in [0, 0.05) is 12.4 Å². The molecule has 0 N–H and O–H groups in total. The largest absolute Gasteiger partial charge is 0.269 e. The van der Waals surface area contributed by atoms with E-state index in [2.05, 4.69) is 21.1 Å². The van der Waals surface area contributed by atoms with E-state index in [1.54, 1.807) is 16.0 Å². The molecule has 44 valence electrons. The lowest BCUT2D eigenvalue weighted by atomic mass is 10.7. The first kappa shape index (κ1) is 6.11. The minimum Gasteiger partial charge on any atom is -0.269 e. The Morgan fingerprint density at radius 3 is 2.88 bits per heavy atom. The lowest BCUT2D eigenvalue weighted by Gasteiger charge is -1.88. The number of nitrogens with zero attached hydrogens (tertiary/aromatic N) is 2. The molecule has 0 aliphatic heterocycles. The van der Waals surface area contributed by atoms with Crippen molar-refractivity contribution in [1.29, 1.82) is 0 Å². The second-order valence-corrected chi connectivity index (χ2v) is 2.32. The van der Waals surface area contributed by atoms with Crippen LogP contribution in [-0.2, 0) is 5.88 Å². The van der Waals surface area contributed by atoms with Crippen LogP contribution in [-0.4, -0.2) is 8.58 Å². The Balaban J connectivity index is 2.92. The highest BCUT2D eigenvalue weighted by Crippen LogP contribution is 2.03. The van der Waals surface area contributed by atoms with Gasteiger partial charge in [-0.05, 0) is 0 Å². The van der Waals surface area contributed by atoms with Crippen LogP contribution in [0.1, 0.15) is 5.82 Å². The zero-order valence-electron chi connectivity index (χ0n) is 4.01. The van der Waals surface area contributed by atoms with Crippen molar-refractivity contribution in [3.8, 4) is 0 Å². The Morgan fingerprint density at radius 2 is 2.62 bits per heavy atom. The maximum absolute atomic E-state index is 5.46. The molecule has 0 spiro atoms. The van der Waals surface area contributed by atoms with Crippen molar-refractivity contribution in [1.82, 2.24) is 8.58 Å². The SMILES string of the molecule is ClCc1nccn1Br. The zero-order chi connectivity index (χ0) is 5.98. The molecule has 1 aromatic rings. The zero-order valence-corrected chi connectivity index (χ0v) is 6.35. The first-order chi connectivity index (χ1) is 3.84. The predicted octanol–water partition coefficient (Wildman–Crippen LogP) is 1.78. The van der Waals surface area contributed by atoms with Crippen LogP contribution in [0, 0.1) is 0 Å². The van der Waals surface area contributed by atoms with Crippen LogP contribution in [0.4, 0.5) is 0 Å². The lowest BCUT2D eigenvalue weighted by molar-refractivity contribution is 1.08. The molecule has 0 aliphatic carbocycles. The van der Waals surface area contributed by atoms with Gasteiger partial charge in [-0.3, -0.25) is 3.59 Å². The molecule has 8 heavy (non-hydrogen) atoms. The van der Waals surface area contributed by atoms with Crippen molar-refractivity contribution in [2.45, 2.75) is 5.88 Å². The van der Waals surface area contributed by atoms with Crippen molar-refractivity contribution < 1.29 is 0 Å². The van der Waals surface area contributed by atoms with Crippen LogP contribution in [0.25, 0.3) is 0 Å². The molecule has 1 aromatic heterocycles. The summed E-state index contributed by atoms with van der Waals surface area (Å²) in [6.07, 6.45) is 3.48. The average Bonchev–Trinajstić information content (AvgIpc) is 2.14. The molecule has 0 aliphatic rings. The van der Waals surface area contributed by atoms with Crippen LogP contribution in [0.5, 0.6) is 0 Å². The van der Waals surface area contributed by atoms with Crippen molar-refractivity contribution in [2.75, 3.05) is 0 Å².